The van der Waals surface area contributed by atoms with Crippen LogP contribution in [-0.2, 0) is 11.3 Å². The average molecular weight is 438 g/mol. The van der Waals surface area contributed by atoms with Crippen molar-refractivity contribution in [1.29, 1.82) is 0 Å². The van der Waals surface area contributed by atoms with Gasteiger partial charge in [0, 0.05) is 24.0 Å². The number of nitrogens with zero attached hydrogens (tertiary/aromatic N) is 2. The van der Waals surface area contributed by atoms with Gasteiger partial charge in [0.2, 0.25) is 0 Å². The number of esters is 1. The highest BCUT2D eigenvalue weighted by Crippen LogP contribution is 2.31. The van der Waals surface area contributed by atoms with Gasteiger partial charge in [-0.25, -0.2) is 9.78 Å². The van der Waals surface area contributed by atoms with Crippen molar-refractivity contribution in [3.63, 3.8) is 0 Å². The molecular formula is C23H23N3O4S. The number of anilines is 2. The molecular weight excluding hydrogens is 414 g/mol. The predicted octanol–water partition coefficient (Wildman–Crippen LogP) is 4.36. The fourth-order valence-electron chi connectivity index (χ4n) is 3.50. The minimum atomic E-state index is -0.444. The lowest BCUT2D eigenvalue weighted by Gasteiger charge is -2.22. The Morgan fingerprint density at radius 1 is 1.13 bits per heavy atom. The quantitative estimate of drug-likeness (QED) is 0.553. The van der Waals surface area contributed by atoms with Gasteiger partial charge in [0.05, 0.1) is 35.3 Å². The minimum Gasteiger partial charge on any atom is -0.487 e. The molecule has 1 aliphatic rings. The van der Waals surface area contributed by atoms with E-state index in [1.54, 1.807) is 41.9 Å². The number of methoxy groups -OCH3 is 1. The van der Waals surface area contributed by atoms with Gasteiger partial charge in [-0.1, -0.05) is 6.07 Å². The number of nitrogens with one attached hydrogen (secondary N) is 1. The Morgan fingerprint density at radius 3 is 2.71 bits per heavy atom. The average Bonchev–Trinajstić information content (AvgIpc) is 3.51. The summed E-state index contributed by atoms with van der Waals surface area (Å²) < 4.78 is 10.6. The van der Waals surface area contributed by atoms with Crippen LogP contribution in [-0.4, -0.2) is 37.1 Å². The van der Waals surface area contributed by atoms with Crippen molar-refractivity contribution < 1.29 is 19.1 Å². The van der Waals surface area contributed by atoms with E-state index in [1.165, 1.54) is 18.4 Å². The van der Waals surface area contributed by atoms with Gasteiger partial charge < -0.3 is 19.7 Å². The van der Waals surface area contributed by atoms with Crippen molar-refractivity contribution >= 4 is 34.6 Å². The number of thiazole rings is 1. The van der Waals surface area contributed by atoms with Gasteiger partial charge in [-0.05, 0) is 49.2 Å². The van der Waals surface area contributed by atoms with Gasteiger partial charge in [0.1, 0.15) is 12.4 Å². The molecule has 0 unspecified atom stereocenters. The first kappa shape index (κ1) is 20.9. The van der Waals surface area contributed by atoms with Gasteiger partial charge in [-0.15, -0.1) is 11.3 Å². The van der Waals surface area contributed by atoms with Crippen molar-refractivity contribution in [1.82, 2.24) is 4.98 Å². The maximum absolute atomic E-state index is 13.0. The number of amides is 1. The third kappa shape index (κ3) is 5.03. The molecule has 8 heteroatoms. The maximum Gasteiger partial charge on any atom is 0.337 e. The fraction of sp³-hybridized carbons (Fsp3) is 0.261. The molecule has 2 heterocycles. The zero-order valence-electron chi connectivity index (χ0n) is 17.2. The molecule has 1 amide bonds. The normalized spacial score (nSPS) is 13.1. The number of ether oxygens (including phenoxy) is 2. The Kier molecular flexibility index (Phi) is 6.47. The van der Waals surface area contributed by atoms with Crippen LogP contribution in [0, 0.1) is 0 Å². The molecule has 2 aromatic carbocycles. The molecule has 0 bridgehead atoms. The number of aromatic nitrogens is 1. The molecule has 1 aliphatic heterocycles. The number of hydrogen-bond acceptors (Lipinski definition) is 7. The molecule has 160 valence electrons. The van der Waals surface area contributed by atoms with Gasteiger partial charge >= 0.3 is 5.97 Å². The predicted molar refractivity (Wildman–Crippen MR) is 120 cm³/mol. The van der Waals surface area contributed by atoms with E-state index in [0.29, 0.717) is 29.2 Å². The van der Waals surface area contributed by atoms with Crippen LogP contribution in [0.2, 0.25) is 0 Å². The van der Waals surface area contributed by atoms with Gasteiger partial charge in [-0.3, -0.25) is 4.79 Å². The van der Waals surface area contributed by atoms with Crippen molar-refractivity contribution in [3.8, 4) is 5.75 Å². The molecule has 1 aromatic heterocycles. The van der Waals surface area contributed by atoms with Crippen molar-refractivity contribution in [3.05, 3.63) is 70.2 Å². The highest BCUT2D eigenvalue weighted by atomic mass is 32.1. The summed E-state index contributed by atoms with van der Waals surface area (Å²) in [4.78, 5) is 31.4. The van der Waals surface area contributed by atoms with Crippen molar-refractivity contribution in [2.24, 2.45) is 0 Å². The van der Waals surface area contributed by atoms with Crippen molar-refractivity contribution in [2.45, 2.75) is 19.4 Å². The molecule has 0 saturated carbocycles. The molecule has 0 aliphatic carbocycles. The zero-order chi connectivity index (χ0) is 21.6. The number of benzene rings is 2. The Hall–Kier alpha value is -3.39. The first-order valence-electron chi connectivity index (χ1n) is 10.0. The van der Waals surface area contributed by atoms with E-state index in [9.17, 15) is 9.59 Å². The Labute approximate surface area is 184 Å². The van der Waals surface area contributed by atoms with E-state index in [0.717, 1.165) is 37.3 Å². The monoisotopic (exact) mass is 437 g/mol. The number of carbonyl (C=O) groups excluding carboxylic acids is 2. The lowest BCUT2D eigenvalue weighted by molar-refractivity contribution is 0.0600. The molecule has 3 aromatic rings. The molecule has 31 heavy (non-hydrogen) atoms. The second-order valence-electron chi connectivity index (χ2n) is 7.17. The summed E-state index contributed by atoms with van der Waals surface area (Å²) in [5, 5.41) is 4.89. The largest absolute Gasteiger partial charge is 0.487 e. The lowest BCUT2D eigenvalue weighted by atomic mass is 10.1. The summed E-state index contributed by atoms with van der Waals surface area (Å²) in [5.41, 5.74) is 4.93. The summed E-state index contributed by atoms with van der Waals surface area (Å²) >= 11 is 1.51. The lowest BCUT2D eigenvalue weighted by Crippen LogP contribution is -2.21. The SMILES string of the molecule is COC(=O)c1ccc(N2CCCC2)c(NC(=O)c2cccc(OCc3cscn3)c2)c1. The van der Waals surface area contributed by atoms with Gasteiger partial charge in [0.15, 0.2) is 0 Å². The standard InChI is InChI=1S/C23H23N3O4S/c1-29-23(28)17-7-8-21(26-9-2-3-10-26)20(12-17)25-22(27)16-5-4-6-19(11-16)30-13-18-14-31-15-24-18/h4-8,11-12,14-15H,2-3,9-10,13H2,1H3,(H,25,27). The van der Waals surface area contributed by atoms with E-state index < -0.39 is 5.97 Å². The summed E-state index contributed by atoms with van der Waals surface area (Å²) in [6, 6.07) is 12.3. The molecule has 7 nitrogen and oxygen atoms in total. The summed E-state index contributed by atoms with van der Waals surface area (Å²) in [7, 11) is 1.34. The molecule has 0 spiro atoms. The molecule has 0 atom stereocenters. The highest BCUT2D eigenvalue weighted by Gasteiger charge is 2.20. The van der Waals surface area contributed by atoms with Crippen LogP contribution in [0.15, 0.2) is 53.4 Å². The second-order valence-corrected chi connectivity index (χ2v) is 7.89. The Morgan fingerprint density at radius 2 is 1.97 bits per heavy atom. The van der Waals surface area contributed by atoms with Crippen molar-refractivity contribution in [2.75, 3.05) is 30.4 Å². The maximum atomic E-state index is 13.0. The first-order chi connectivity index (χ1) is 15.1. The highest BCUT2D eigenvalue weighted by molar-refractivity contribution is 7.07. The Balaban J connectivity index is 1.54. The molecule has 4 rings (SSSR count). The van der Waals surface area contributed by atoms with E-state index in [1.807, 2.05) is 11.4 Å². The van der Waals surface area contributed by atoms with Gasteiger partial charge in [-0.2, -0.15) is 0 Å². The van der Waals surface area contributed by atoms with Gasteiger partial charge in [0.25, 0.3) is 5.91 Å². The summed E-state index contributed by atoms with van der Waals surface area (Å²) in [6.45, 7) is 2.18. The fourth-order valence-corrected chi connectivity index (χ4v) is 4.05. The molecule has 1 saturated heterocycles. The topological polar surface area (TPSA) is 80.8 Å². The second kappa shape index (κ2) is 9.61. The smallest absolute Gasteiger partial charge is 0.337 e. The van der Waals surface area contributed by atoms with Crippen LogP contribution in [0.3, 0.4) is 0 Å². The number of hydrogen-bond donors (Lipinski definition) is 1. The van der Waals surface area contributed by atoms with E-state index in [-0.39, 0.29) is 5.91 Å². The third-order valence-electron chi connectivity index (χ3n) is 5.08. The molecule has 1 N–H and O–H groups in total. The van der Waals surface area contributed by atoms with Crippen LogP contribution in [0.4, 0.5) is 11.4 Å². The van der Waals surface area contributed by atoms with Crippen LogP contribution in [0.5, 0.6) is 5.75 Å². The molecule has 0 radical (unpaired) electrons. The van der Waals surface area contributed by atoms with E-state index in [4.69, 9.17) is 9.47 Å². The summed E-state index contributed by atoms with van der Waals surface area (Å²) in [6.07, 6.45) is 2.20. The van der Waals surface area contributed by atoms with Crippen LogP contribution in [0.1, 0.15) is 39.3 Å². The van der Waals surface area contributed by atoms with Crippen LogP contribution < -0.4 is 15.0 Å². The minimum absolute atomic E-state index is 0.276. The number of carbonyl (C=O) groups is 2. The Bertz CT molecular complexity index is 1060. The summed E-state index contributed by atoms with van der Waals surface area (Å²) in [5.74, 6) is -0.133. The first-order valence-corrected chi connectivity index (χ1v) is 11.0. The van der Waals surface area contributed by atoms with Crippen LogP contribution >= 0.6 is 11.3 Å². The van der Waals surface area contributed by atoms with Crippen LogP contribution in [0.25, 0.3) is 0 Å². The third-order valence-corrected chi connectivity index (χ3v) is 5.71. The van der Waals surface area contributed by atoms with E-state index in [2.05, 4.69) is 15.2 Å². The number of rotatable bonds is 7. The molecule has 1 fully saturated rings. The zero-order valence-corrected chi connectivity index (χ0v) is 18.0. The van der Waals surface area contributed by atoms with E-state index >= 15 is 0 Å².